The molecule has 3 N–H and O–H groups in total. The Kier molecular flexibility index (Phi) is 5.96. The number of fused-ring (bicyclic) bond motifs is 3. The number of nitrogens with two attached hydrogens (primary N) is 1. The maximum Gasteiger partial charge on any atom is 0.255 e. The zero-order valence-electron chi connectivity index (χ0n) is 23.7. The van der Waals surface area contributed by atoms with E-state index in [1.54, 1.807) is 4.57 Å². The highest BCUT2D eigenvalue weighted by molar-refractivity contribution is 5.88. The molecule has 0 saturated carbocycles. The zero-order chi connectivity index (χ0) is 27.6. The third-order valence-electron chi connectivity index (χ3n) is 9.72. The molecule has 0 amide bonds. The van der Waals surface area contributed by atoms with Crippen LogP contribution in [-0.4, -0.2) is 43.9 Å². The van der Waals surface area contributed by atoms with Gasteiger partial charge in [-0.1, -0.05) is 37.6 Å². The van der Waals surface area contributed by atoms with Crippen molar-refractivity contribution < 1.29 is 0 Å². The first kappa shape index (κ1) is 25.3. The molecule has 0 bridgehead atoms. The largest absolute Gasteiger partial charge is 0.355 e. The summed E-state index contributed by atoms with van der Waals surface area (Å²) in [5.41, 5.74) is 13.9. The van der Waals surface area contributed by atoms with Crippen LogP contribution in [0.15, 0.2) is 41.3 Å². The number of anilines is 3. The summed E-state index contributed by atoms with van der Waals surface area (Å²) in [6.07, 6.45) is 8.77. The van der Waals surface area contributed by atoms with Gasteiger partial charge >= 0.3 is 0 Å². The normalized spacial score (nSPS) is 21.7. The van der Waals surface area contributed by atoms with Crippen molar-refractivity contribution in [3.05, 3.63) is 69.3 Å². The van der Waals surface area contributed by atoms with Crippen molar-refractivity contribution in [2.45, 2.75) is 70.9 Å². The molecule has 2 aliphatic heterocycles. The highest BCUT2D eigenvalue weighted by atomic mass is 16.1. The lowest BCUT2D eigenvalue weighted by molar-refractivity contribution is 0.187. The van der Waals surface area contributed by atoms with Gasteiger partial charge in [-0.15, -0.1) is 0 Å². The SMILES string of the molecule is CCCC1CCc2c(ccn(C)c2=O)N1c1n[nH]c2nc(N3CCC4(CC3)Cc3ccccc3[C@H]4N)c(C)nc12. The summed E-state index contributed by atoms with van der Waals surface area (Å²) >= 11 is 0. The molecule has 208 valence electrons. The summed E-state index contributed by atoms with van der Waals surface area (Å²) in [5.74, 6) is 1.68. The van der Waals surface area contributed by atoms with E-state index in [-0.39, 0.29) is 23.1 Å². The molecule has 3 aromatic heterocycles. The van der Waals surface area contributed by atoms with Gasteiger partial charge in [0.05, 0.1) is 11.4 Å². The minimum absolute atomic E-state index is 0.0646. The van der Waals surface area contributed by atoms with Gasteiger partial charge < -0.3 is 20.1 Å². The first-order chi connectivity index (χ1) is 19.4. The zero-order valence-corrected chi connectivity index (χ0v) is 23.7. The van der Waals surface area contributed by atoms with Crippen LogP contribution in [0.1, 0.15) is 67.5 Å². The highest BCUT2D eigenvalue weighted by Crippen LogP contribution is 2.51. The first-order valence-electron chi connectivity index (χ1n) is 14.7. The molecule has 1 unspecified atom stereocenters. The number of aryl methyl sites for hydroxylation is 2. The van der Waals surface area contributed by atoms with Crippen LogP contribution in [0, 0.1) is 12.3 Å². The molecule has 1 fully saturated rings. The van der Waals surface area contributed by atoms with E-state index < -0.39 is 0 Å². The van der Waals surface area contributed by atoms with Gasteiger partial charge in [-0.25, -0.2) is 9.97 Å². The number of nitrogens with one attached hydrogen (secondary N) is 1. The van der Waals surface area contributed by atoms with Crippen LogP contribution in [0.5, 0.6) is 0 Å². The van der Waals surface area contributed by atoms with Crippen molar-refractivity contribution in [3.8, 4) is 0 Å². The van der Waals surface area contributed by atoms with Gasteiger partial charge in [0.1, 0.15) is 0 Å². The second kappa shape index (κ2) is 9.44. The van der Waals surface area contributed by atoms with Gasteiger partial charge in [-0.2, -0.15) is 5.10 Å². The van der Waals surface area contributed by atoms with Crippen LogP contribution >= 0.6 is 0 Å². The van der Waals surface area contributed by atoms with Gasteiger partial charge in [0.25, 0.3) is 5.56 Å². The highest BCUT2D eigenvalue weighted by Gasteiger charge is 2.46. The quantitative estimate of drug-likeness (QED) is 0.395. The molecule has 4 aromatic rings. The number of hydrogen-bond donors (Lipinski definition) is 2. The Hall–Kier alpha value is -3.72. The molecule has 1 spiro atoms. The van der Waals surface area contributed by atoms with Gasteiger partial charge in [0, 0.05) is 44.0 Å². The van der Waals surface area contributed by atoms with E-state index in [9.17, 15) is 4.79 Å². The molecular weight excluding hydrogens is 500 g/mol. The van der Waals surface area contributed by atoms with Crippen LogP contribution in [0.3, 0.4) is 0 Å². The smallest absolute Gasteiger partial charge is 0.255 e. The van der Waals surface area contributed by atoms with Crippen LogP contribution in [0.25, 0.3) is 11.2 Å². The fraction of sp³-hybridized carbons (Fsp3) is 0.484. The maximum atomic E-state index is 13.0. The predicted molar refractivity (Wildman–Crippen MR) is 158 cm³/mol. The average Bonchev–Trinajstić information content (AvgIpc) is 3.49. The topological polar surface area (TPSA) is 109 Å². The fourth-order valence-corrected chi connectivity index (χ4v) is 7.50. The van der Waals surface area contributed by atoms with Crippen molar-refractivity contribution in [2.24, 2.45) is 18.2 Å². The van der Waals surface area contributed by atoms with E-state index in [2.05, 4.69) is 46.1 Å². The Morgan fingerprint density at radius 1 is 1.12 bits per heavy atom. The summed E-state index contributed by atoms with van der Waals surface area (Å²) in [6, 6.07) is 11.1. The first-order valence-corrected chi connectivity index (χ1v) is 14.7. The number of piperidine rings is 1. The van der Waals surface area contributed by atoms with E-state index in [4.69, 9.17) is 20.8 Å². The lowest BCUT2D eigenvalue weighted by Crippen LogP contribution is -2.44. The minimum atomic E-state index is 0.0646. The van der Waals surface area contributed by atoms with E-state index >= 15 is 0 Å². The van der Waals surface area contributed by atoms with Crippen LogP contribution < -0.4 is 21.1 Å². The van der Waals surface area contributed by atoms with Crippen molar-refractivity contribution in [1.29, 1.82) is 0 Å². The Bertz CT molecular complexity index is 1650. The average molecular weight is 539 g/mol. The maximum absolute atomic E-state index is 13.0. The monoisotopic (exact) mass is 538 g/mol. The van der Waals surface area contributed by atoms with E-state index in [0.29, 0.717) is 5.65 Å². The van der Waals surface area contributed by atoms with Crippen LogP contribution in [0.4, 0.5) is 17.3 Å². The molecule has 7 rings (SSSR count). The third kappa shape index (κ3) is 3.78. The second-order valence-corrected chi connectivity index (χ2v) is 12.0. The lowest BCUT2D eigenvalue weighted by Gasteiger charge is -2.42. The Labute approximate surface area is 234 Å². The Balaban J connectivity index is 1.20. The van der Waals surface area contributed by atoms with E-state index in [0.717, 1.165) is 92.1 Å². The number of aromatic amines is 1. The molecule has 9 heteroatoms. The van der Waals surface area contributed by atoms with Gasteiger partial charge in [-0.05, 0) is 68.1 Å². The third-order valence-corrected chi connectivity index (χ3v) is 9.72. The molecule has 1 aromatic carbocycles. The van der Waals surface area contributed by atoms with Crippen LogP contribution in [-0.2, 0) is 19.9 Å². The summed E-state index contributed by atoms with van der Waals surface area (Å²) in [5, 5.41) is 7.94. The summed E-state index contributed by atoms with van der Waals surface area (Å²) in [6.45, 7) is 6.07. The van der Waals surface area contributed by atoms with Crippen LogP contribution in [0.2, 0.25) is 0 Å². The standard InChI is InChI=1S/C31H38N8O/c1-4-7-21-10-11-23-24(12-15-37(3)30(23)40)39(21)29-25-27(35-36-29)34-28(19(2)33-25)38-16-13-31(14-17-38)18-20-8-5-6-9-22(20)26(31)32/h5-6,8-9,12,15,21,26H,4,7,10-11,13-14,16-18,32H2,1-3H3,(H,34,35,36)/t21?,26-/m1/s1. The molecular formula is C31H38N8O. The van der Waals surface area contributed by atoms with Gasteiger partial charge in [0.15, 0.2) is 22.8 Å². The molecule has 2 atom stereocenters. The molecule has 5 heterocycles. The molecule has 0 radical (unpaired) electrons. The van der Waals surface area contributed by atoms with Crippen molar-refractivity contribution in [3.63, 3.8) is 0 Å². The Morgan fingerprint density at radius 2 is 1.93 bits per heavy atom. The summed E-state index contributed by atoms with van der Waals surface area (Å²) < 4.78 is 1.66. The molecule has 1 saturated heterocycles. The van der Waals surface area contributed by atoms with E-state index in [1.807, 2.05) is 26.2 Å². The molecule has 40 heavy (non-hydrogen) atoms. The van der Waals surface area contributed by atoms with E-state index in [1.165, 1.54) is 11.1 Å². The molecule has 1 aliphatic carbocycles. The summed E-state index contributed by atoms with van der Waals surface area (Å²) in [7, 11) is 1.81. The number of hydrogen-bond acceptors (Lipinski definition) is 7. The fourth-order valence-electron chi connectivity index (χ4n) is 7.50. The minimum Gasteiger partial charge on any atom is -0.355 e. The predicted octanol–water partition coefficient (Wildman–Crippen LogP) is 4.46. The number of nitrogens with zero attached hydrogens (tertiary/aromatic N) is 6. The van der Waals surface area contributed by atoms with Gasteiger partial charge in [-0.3, -0.25) is 9.89 Å². The number of aromatic nitrogens is 5. The number of H-pyrrole nitrogens is 1. The molecule has 9 nitrogen and oxygen atoms in total. The van der Waals surface area contributed by atoms with Crippen molar-refractivity contribution in [2.75, 3.05) is 22.9 Å². The Morgan fingerprint density at radius 3 is 2.70 bits per heavy atom. The lowest BCUT2D eigenvalue weighted by atomic mass is 9.73. The second-order valence-electron chi connectivity index (χ2n) is 12.0. The number of rotatable bonds is 4. The van der Waals surface area contributed by atoms with Crippen molar-refractivity contribution in [1.82, 2.24) is 24.7 Å². The van der Waals surface area contributed by atoms with Gasteiger partial charge in [0.2, 0.25) is 0 Å². The van der Waals surface area contributed by atoms with Crippen molar-refractivity contribution >= 4 is 28.5 Å². The number of benzene rings is 1. The molecule has 3 aliphatic rings. The number of pyridine rings is 1. The summed E-state index contributed by atoms with van der Waals surface area (Å²) in [4.78, 5) is 27.7.